The summed E-state index contributed by atoms with van der Waals surface area (Å²) in [5.74, 6) is 1.09. The summed E-state index contributed by atoms with van der Waals surface area (Å²) in [7, 11) is 2.04. The molecule has 0 saturated heterocycles. The van der Waals surface area contributed by atoms with Gasteiger partial charge < -0.3 is 9.88 Å². The molecule has 112 valence electrons. The lowest BCUT2D eigenvalue weighted by atomic mass is 9.94. The Labute approximate surface area is 126 Å². The number of hydrogen-bond acceptors (Lipinski definition) is 3. The molecule has 1 aliphatic rings. The normalized spacial score (nSPS) is 18.7. The van der Waals surface area contributed by atoms with E-state index in [2.05, 4.69) is 57.2 Å². The number of hydrogen-bond donors (Lipinski definition) is 1. The second-order valence-corrected chi connectivity index (χ2v) is 5.82. The summed E-state index contributed by atoms with van der Waals surface area (Å²) >= 11 is 0. The number of nitrogens with one attached hydrogen (secondary N) is 1. The van der Waals surface area contributed by atoms with E-state index in [1.807, 2.05) is 13.2 Å². The standard InChI is InChI=1S/C17H24N4/c1-14-19-7-8-20(14)9-10-21-13-16-6-4-3-5-15(16)11-17(21)12-18-2/h3-8,17-18H,9-13H2,1-2H3. The highest BCUT2D eigenvalue weighted by Crippen LogP contribution is 2.22. The fourth-order valence-electron chi connectivity index (χ4n) is 3.22. The van der Waals surface area contributed by atoms with Gasteiger partial charge in [-0.2, -0.15) is 0 Å². The molecule has 2 aromatic rings. The summed E-state index contributed by atoms with van der Waals surface area (Å²) in [4.78, 5) is 6.90. The zero-order chi connectivity index (χ0) is 14.7. The predicted molar refractivity (Wildman–Crippen MR) is 85.2 cm³/mol. The Morgan fingerprint density at radius 1 is 1.24 bits per heavy atom. The van der Waals surface area contributed by atoms with Crippen LogP contribution in [0.15, 0.2) is 36.7 Å². The first-order valence-corrected chi connectivity index (χ1v) is 7.71. The molecule has 1 atom stereocenters. The predicted octanol–water partition coefficient (Wildman–Crippen LogP) is 1.84. The Morgan fingerprint density at radius 3 is 2.76 bits per heavy atom. The van der Waals surface area contributed by atoms with Crippen LogP contribution in [0.5, 0.6) is 0 Å². The summed E-state index contributed by atoms with van der Waals surface area (Å²) < 4.78 is 2.23. The fraction of sp³-hybridized carbons (Fsp3) is 0.471. The van der Waals surface area contributed by atoms with E-state index in [4.69, 9.17) is 0 Å². The van der Waals surface area contributed by atoms with Gasteiger partial charge in [-0.3, -0.25) is 4.90 Å². The van der Waals surface area contributed by atoms with Crippen molar-refractivity contribution >= 4 is 0 Å². The van der Waals surface area contributed by atoms with Crippen LogP contribution in [0.3, 0.4) is 0 Å². The van der Waals surface area contributed by atoms with Gasteiger partial charge in [-0.1, -0.05) is 24.3 Å². The molecule has 4 heteroatoms. The maximum absolute atomic E-state index is 4.30. The van der Waals surface area contributed by atoms with Crippen molar-refractivity contribution in [3.8, 4) is 0 Å². The minimum Gasteiger partial charge on any atom is -0.334 e. The third-order valence-corrected chi connectivity index (χ3v) is 4.46. The second kappa shape index (κ2) is 6.41. The number of nitrogens with zero attached hydrogens (tertiary/aromatic N) is 3. The Kier molecular flexibility index (Phi) is 4.36. The summed E-state index contributed by atoms with van der Waals surface area (Å²) in [6.07, 6.45) is 5.09. The molecule has 1 aliphatic heterocycles. The lowest BCUT2D eigenvalue weighted by Gasteiger charge is -2.37. The second-order valence-electron chi connectivity index (χ2n) is 5.82. The van der Waals surface area contributed by atoms with Crippen LogP contribution < -0.4 is 5.32 Å². The highest BCUT2D eigenvalue weighted by atomic mass is 15.2. The topological polar surface area (TPSA) is 33.1 Å². The molecule has 0 saturated carbocycles. The largest absolute Gasteiger partial charge is 0.334 e. The highest BCUT2D eigenvalue weighted by molar-refractivity contribution is 5.30. The molecule has 1 unspecified atom stereocenters. The van der Waals surface area contributed by atoms with Crippen LogP contribution in [0.2, 0.25) is 0 Å². The molecule has 0 amide bonds. The molecule has 0 radical (unpaired) electrons. The average molecular weight is 284 g/mol. The van der Waals surface area contributed by atoms with Gasteiger partial charge in [0.2, 0.25) is 0 Å². The average Bonchev–Trinajstić information content (AvgIpc) is 2.90. The molecule has 21 heavy (non-hydrogen) atoms. The number of aryl methyl sites for hydroxylation is 1. The molecule has 0 bridgehead atoms. The van der Waals surface area contributed by atoms with E-state index in [-0.39, 0.29) is 0 Å². The van der Waals surface area contributed by atoms with Crippen molar-refractivity contribution in [1.82, 2.24) is 19.8 Å². The fourth-order valence-corrected chi connectivity index (χ4v) is 3.22. The van der Waals surface area contributed by atoms with Gasteiger partial charge in [0.25, 0.3) is 0 Å². The quantitative estimate of drug-likeness (QED) is 0.909. The summed E-state index contributed by atoms with van der Waals surface area (Å²) in [5.41, 5.74) is 2.99. The van der Waals surface area contributed by atoms with Gasteiger partial charge in [-0.05, 0) is 31.5 Å². The number of rotatable bonds is 5. The van der Waals surface area contributed by atoms with E-state index in [1.165, 1.54) is 11.1 Å². The maximum Gasteiger partial charge on any atom is 0.105 e. The van der Waals surface area contributed by atoms with Crippen molar-refractivity contribution in [3.63, 3.8) is 0 Å². The Bertz CT molecular complexity index is 590. The van der Waals surface area contributed by atoms with Crippen LogP contribution >= 0.6 is 0 Å². The number of fused-ring (bicyclic) bond motifs is 1. The lowest BCUT2D eigenvalue weighted by molar-refractivity contribution is 0.163. The molecule has 4 nitrogen and oxygen atoms in total. The molecule has 1 aromatic heterocycles. The van der Waals surface area contributed by atoms with Crippen LogP contribution in [0.4, 0.5) is 0 Å². The molecule has 1 N–H and O–H groups in total. The first kappa shape index (κ1) is 14.3. The van der Waals surface area contributed by atoms with Crippen LogP contribution in [-0.2, 0) is 19.5 Å². The Balaban J connectivity index is 1.71. The number of likely N-dealkylation sites (N-methyl/N-ethyl adjacent to an activating group) is 1. The van der Waals surface area contributed by atoms with Gasteiger partial charge in [0.1, 0.15) is 5.82 Å². The summed E-state index contributed by atoms with van der Waals surface area (Å²) in [6.45, 7) is 6.23. The molecular weight excluding hydrogens is 260 g/mol. The van der Waals surface area contributed by atoms with Gasteiger partial charge >= 0.3 is 0 Å². The van der Waals surface area contributed by atoms with Crippen LogP contribution in [0.1, 0.15) is 17.0 Å². The van der Waals surface area contributed by atoms with Crippen molar-refractivity contribution in [2.24, 2.45) is 0 Å². The molecule has 1 aromatic carbocycles. The Morgan fingerprint density at radius 2 is 2.05 bits per heavy atom. The maximum atomic E-state index is 4.30. The van der Waals surface area contributed by atoms with Crippen molar-refractivity contribution in [1.29, 1.82) is 0 Å². The molecule has 2 heterocycles. The summed E-state index contributed by atoms with van der Waals surface area (Å²) in [6, 6.07) is 9.42. The zero-order valence-electron chi connectivity index (χ0n) is 12.9. The molecule has 0 fully saturated rings. The zero-order valence-corrected chi connectivity index (χ0v) is 12.9. The van der Waals surface area contributed by atoms with Crippen LogP contribution in [-0.4, -0.2) is 40.6 Å². The minimum absolute atomic E-state index is 0.578. The van der Waals surface area contributed by atoms with Crippen molar-refractivity contribution in [3.05, 3.63) is 53.6 Å². The smallest absolute Gasteiger partial charge is 0.105 e. The van der Waals surface area contributed by atoms with Gasteiger partial charge in [0, 0.05) is 44.6 Å². The SMILES string of the molecule is CNCC1Cc2ccccc2CN1CCn1ccnc1C. The number of imidazole rings is 1. The lowest BCUT2D eigenvalue weighted by Crippen LogP contribution is -2.46. The van der Waals surface area contributed by atoms with E-state index in [9.17, 15) is 0 Å². The van der Waals surface area contributed by atoms with Crippen molar-refractivity contribution in [2.75, 3.05) is 20.1 Å². The Hall–Kier alpha value is -1.65. The van der Waals surface area contributed by atoms with Crippen molar-refractivity contribution in [2.45, 2.75) is 32.5 Å². The number of aromatic nitrogens is 2. The van der Waals surface area contributed by atoms with Crippen molar-refractivity contribution < 1.29 is 0 Å². The van der Waals surface area contributed by atoms with E-state index in [0.29, 0.717) is 6.04 Å². The van der Waals surface area contributed by atoms with Gasteiger partial charge in [0.05, 0.1) is 0 Å². The van der Waals surface area contributed by atoms with E-state index in [0.717, 1.165) is 38.4 Å². The molecule has 3 rings (SSSR count). The highest BCUT2D eigenvalue weighted by Gasteiger charge is 2.25. The van der Waals surface area contributed by atoms with E-state index < -0.39 is 0 Å². The van der Waals surface area contributed by atoms with Gasteiger partial charge in [-0.15, -0.1) is 0 Å². The van der Waals surface area contributed by atoms with Crippen LogP contribution in [0.25, 0.3) is 0 Å². The van der Waals surface area contributed by atoms with Gasteiger partial charge in [0.15, 0.2) is 0 Å². The van der Waals surface area contributed by atoms with Crippen LogP contribution in [0, 0.1) is 6.92 Å². The first-order valence-electron chi connectivity index (χ1n) is 7.71. The monoisotopic (exact) mass is 284 g/mol. The molecule has 0 aliphatic carbocycles. The number of benzene rings is 1. The molecule has 0 spiro atoms. The third kappa shape index (κ3) is 3.17. The first-order chi connectivity index (χ1) is 10.3. The van der Waals surface area contributed by atoms with E-state index >= 15 is 0 Å². The molecular formula is C17H24N4. The third-order valence-electron chi connectivity index (χ3n) is 4.46. The van der Waals surface area contributed by atoms with E-state index in [1.54, 1.807) is 0 Å². The summed E-state index contributed by atoms with van der Waals surface area (Å²) in [5, 5.41) is 3.34. The minimum atomic E-state index is 0.578. The van der Waals surface area contributed by atoms with Gasteiger partial charge in [-0.25, -0.2) is 4.98 Å².